The first-order valence-electron chi connectivity index (χ1n) is 4.84. The Balaban J connectivity index is 4.13. The van der Waals surface area contributed by atoms with Crippen LogP contribution >= 0.6 is 0 Å². The lowest BCUT2D eigenvalue weighted by atomic mass is 9.79. The molecule has 2 heteroatoms. The molecule has 0 rings (SSSR count). The summed E-state index contributed by atoms with van der Waals surface area (Å²) >= 11 is 0. The van der Waals surface area contributed by atoms with Crippen LogP contribution in [0, 0.1) is 5.41 Å². The summed E-state index contributed by atoms with van der Waals surface area (Å²) in [6.45, 7) is 4.62. The molecule has 12 heavy (non-hydrogen) atoms. The Kier molecular flexibility index (Phi) is 5.99. The van der Waals surface area contributed by atoms with Crippen molar-refractivity contribution in [2.45, 2.75) is 39.5 Å². The molecule has 0 aliphatic carbocycles. The standard InChI is InChI=1S/C10H21NO/c1-4-6-10(5-2,9-12)7-8-11-3/h8,12H,4-7,9H2,1-3H3/p+1. The van der Waals surface area contributed by atoms with Gasteiger partial charge in [-0.2, -0.15) is 0 Å². The topological polar surface area (TPSA) is 34.2 Å². The molecule has 0 radical (unpaired) electrons. The Bertz CT molecular complexity index is 128. The number of aliphatic hydroxyl groups is 1. The molecule has 0 saturated heterocycles. The van der Waals surface area contributed by atoms with E-state index in [9.17, 15) is 5.11 Å². The van der Waals surface area contributed by atoms with Gasteiger partial charge in [-0.05, 0) is 12.8 Å². The van der Waals surface area contributed by atoms with E-state index in [2.05, 4.69) is 18.8 Å². The van der Waals surface area contributed by atoms with Crippen LogP contribution < -0.4 is 4.99 Å². The monoisotopic (exact) mass is 172 g/mol. The normalized spacial score (nSPS) is 16.7. The Labute approximate surface area is 75.7 Å². The third-order valence-corrected chi connectivity index (χ3v) is 2.60. The molecule has 0 fully saturated rings. The first-order valence-corrected chi connectivity index (χ1v) is 4.84. The second-order valence-corrected chi connectivity index (χ2v) is 3.46. The van der Waals surface area contributed by atoms with Crippen molar-refractivity contribution in [3.8, 4) is 0 Å². The summed E-state index contributed by atoms with van der Waals surface area (Å²) in [6.07, 6.45) is 6.30. The number of rotatable bonds is 6. The van der Waals surface area contributed by atoms with Gasteiger partial charge in [-0.25, -0.2) is 0 Å². The van der Waals surface area contributed by atoms with Gasteiger partial charge in [-0.15, -0.1) is 0 Å². The van der Waals surface area contributed by atoms with E-state index in [4.69, 9.17) is 0 Å². The number of hydrogen-bond acceptors (Lipinski definition) is 1. The molecule has 0 aromatic heterocycles. The average molecular weight is 172 g/mol. The van der Waals surface area contributed by atoms with Gasteiger partial charge >= 0.3 is 0 Å². The van der Waals surface area contributed by atoms with Gasteiger partial charge in [0, 0.05) is 18.4 Å². The largest absolute Gasteiger partial charge is 0.396 e. The molecule has 0 aromatic carbocycles. The second kappa shape index (κ2) is 6.18. The van der Waals surface area contributed by atoms with E-state index in [1.54, 1.807) is 0 Å². The van der Waals surface area contributed by atoms with Gasteiger partial charge in [-0.3, -0.25) is 4.99 Å². The fourth-order valence-corrected chi connectivity index (χ4v) is 1.53. The highest BCUT2D eigenvalue weighted by Crippen LogP contribution is 2.30. The maximum absolute atomic E-state index is 9.29. The van der Waals surface area contributed by atoms with Gasteiger partial charge < -0.3 is 5.11 Å². The predicted octanol–water partition coefficient (Wildman–Crippen LogP) is 0.346. The minimum Gasteiger partial charge on any atom is -0.396 e. The molecular weight excluding hydrogens is 150 g/mol. The summed E-state index contributed by atoms with van der Waals surface area (Å²) < 4.78 is 0. The van der Waals surface area contributed by atoms with Gasteiger partial charge in [0.1, 0.15) is 13.3 Å². The lowest BCUT2D eigenvalue weighted by Gasteiger charge is -2.27. The molecule has 0 aliphatic heterocycles. The molecule has 0 heterocycles. The summed E-state index contributed by atoms with van der Waals surface area (Å²) in [7, 11) is 1.91. The minimum atomic E-state index is 0.123. The van der Waals surface area contributed by atoms with E-state index in [0.29, 0.717) is 6.61 Å². The van der Waals surface area contributed by atoms with Gasteiger partial charge in [-0.1, -0.05) is 20.3 Å². The molecule has 2 nitrogen and oxygen atoms in total. The molecular formula is C10H22NO+. The summed E-state index contributed by atoms with van der Waals surface area (Å²) in [5.41, 5.74) is 0.123. The van der Waals surface area contributed by atoms with Crippen LogP contribution in [-0.2, 0) is 0 Å². The van der Waals surface area contributed by atoms with E-state index in [1.165, 1.54) is 0 Å². The Hall–Kier alpha value is -0.370. The van der Waals surface area contributed by atoms with Gasteiger partial charge in [0.2, 0.25) is 0 Å². The van der Waals surface area contributed by atoms with Crippen molar-refractivity contribution in [1.29, 1.82) is 0 Å². The minimum absolute atomic E-state index is 0.123. The van der Waals surface area contributed by atoms with E-state index in [-0.39, 0.29) is 5.41 Å². The molecule has 0 aliphatic rings. The Morgan fingerprint density at radius 3 is 2.42 bits per heavy atom. The molecule has 2 N–H and O–H groups in total. The predicted molar refractivity (Wildman–Crippen MR) is 52.3 cm³/mol. The zero-order chi connectivity index (χ0) is 9.45. The summed E-state index contributed by atoms with van der Waals surface area (Å²) in [5.74, 6) is 0. The fourth-order valence-electron chi connectivity index (χ4n) is 1.53. The van der Waals surface area contributed by atoms with Crippen molar-refractivity contribution in [3.05, 3.63) is 0 Å². The summed E-state index contributed by atoms with van der Waals surface area (Å²) in [5, 5.41) is 9.29. The van der Waals surface area contributed by atoms with Crippen LogP contribution in [0.1, 0.15) is 39.5 Å². The van der Waals surface area contributed by atoms with Crippen molar-refractivity contribution in [3.63, 3.8) is 0 Å². The Morgan fingerprint density at radius 2 is 2.08 bits per heavy atom. The third kappa shape index (κ3) is 3.35. The molecule has 72 valence electrons. The van der Waals surface area contributed by atoms with Crippen molar-refractivity contribution >= 4 is 6.21 Å². The SMILES string of the molecule is CCCC(CC)(CO)CC=[NH+]C. The van der Waals surface area contributed by atoms with Crippen molar-refractivity contribution in [2.24, 2.45) is 5.41 Å². The van der Waals surface area contributed by atoms with Gasteiger partial charge in [0.25, 0.3) is 0 Å². The smallest absolute Gasteiger partial charge is 0.138 e. The molecule has 0 spiro atoms. The fraction of sp³-hybridized carbons (Fsp3) is 0.900. The number of nitrogens with one attached hydrogen (secondary N) is 1. The van der Waals surface area contributed by atoms with Crippen LogP contribution in [0.5, 0.6) is 0 Å². The second-order valence-electron chi connectivity index (χ2n) is 3.46. The van der Waals surface area contributed by atoms with Crippen LogP contribution in [-0.4, -0.2) is 25.0 Å². The van der Waals surface area contributed by atoms with Crippen LogP contribution in [0.3, 0.4) is 0 Å². The van der Waals surface area contributed by atoms with E-state index >= 15 is 0 Å². The zero-order valence-corrected chi connectivity index (χ0v) is 8.56. The van der Waals surface area contributed by atoms with Crippen LogP contribution in [0.25, 0.3) is 0 Å². The molecule has 1 unspecified atom stereocenters. The maximum atomic E-state index is 9.29. The van der Waals surface area contributed by atoms with Crippen LogP contribution in [0.15, 0.2) is 0 Å². The summed E-state index contributed by atoms with van der Waals surface area (Å²) in [6, 6.07) is 0. The first kappa shape index (κ1) is 11.6. The van der Waals surface area contributed by atoms with Gasteiger partial charge in [0.15, 0.2) is 0 Å². The molecule has 0 amide bonds. The zero-order valence-electron chi connectivity index (χ0n) is 8.56. The maximum Gasteiger partial charge on any atom is 0.138 e. The van der Waals surface area contributed by atoms with Crippen molar-refractivity contribution in [1.82, 2.24) is 0 Å². The van der Waals surface area contributed by atoms with E-state index < -0.39 is 0 Å². The lowest BCUT2D eigenvalue weighted by Crippen LogP contribution is -2.63. The molecule has 0 bridgehead atoms. The van der Waals surface area contributed by atoms with E-state index in [1.807, 2.05) is 13.3 Å². The van der Waals surface area contributed by atoms with Crippen molar-refractivity contribution in [2.75, 3.05) is 13.7 Å². The molecule has 0 aromatic rings. The number of aliphatic hydroxyl groups excluding tert-OH is 1. The van der Waals surface area contributed by atoms with Gasteiger partial charge in [0.05, 0.1) is 0 Å². The quantitative estimate of drug-likeness (QED) is 0.557. The first-order chi connectivity index (χ1) is 5.74. The summed E-state index contributed by atoms with van der Waals surface area (Å²) in [4.78, 5) is 3.01. The molecule has 1 atom stereocenters. The van der Waals surface area contributed by atoms with Crippen molar-refractivity contribution < 1.29 is 10.1 Å². The molecule has 0 saturated carbocycles. The van der Waals surface area contributed by atoms with Crippen LogP contribution in [0.4, 0.5) is 0 Å². The highest BCUT2D eigenvalue weighted by molar-refractivity contribution is 5.51. The third-order valence-electron chi connectivity index (χ3n) is 2.60. The van der Waals surface area contributed by atoms with E-state index in [0.717, 1.165) is 25.7 Å². The highest BCUT2D eigenvalue weighted by Gasteiger charge is 2.25. The van der Waals surface area contributed by atoms with Crippen LogP contribution in [0.2, 0.25) is 0 Å². The Morgan fingerprint density at radius 1 is 1.42 bits per heavy atom. The highest BCUT2D eigenvalue weighted by atomic mass is 16.3. The number of hydrogen-bond donors (Lipinski definition) is 2. The average Bonchev–Trinajstić information content (AvgIpc) is 2.13. The lowest BCUT2D eigenvalue weighted by molar-refractivity contribution is -0.416.